The summed E-state index contributed by atoms with van der Waals surface area (Å²) in [4.78, 5) is 29.8. The van der Waals surface area contributed by atoms with Crippen molar-refractivity contribution in [3.05, 3.63) is 77.9 Å². The summed E-state index contributed by atoms with van der Waals surface area (Å²) in [5, 5.41) is 11.5. The number of nitrogens with zero attached hydrogens (tertiary/aromatic N) is 4. The Hall–Kier alpha value is -4.44. The molecule has 10 nitrogen and oxygen atoms in total. The number of hydrogen-bond acceptors (Lipinski definition) is 7. The summed E-state index contributed by atoms with van der Waals surface area (Å²) in [5.41, 5.74) is 3.46. The van der Waals surface area contributed by atoms with Gasteiger partial charge in [0.05, 0.1) is 25.8 Å². The van der Waals surface area contributed by atoms with Crippen molar-refractivity contribution in [1.82, 2.24) is 20.3 Å². The second kappa shape index (κ2) is 12.2. The molecule has 0 aliphatic carbocycles. The zero-order chi connectivity index (χ0) is 28.1. The van der Waals surface area contributed by atoms with Crippen molar-refractivity contribution in [2.75, 3.05) is 32.3 Å². The molecule has 208 valence electrons. The fraction of sp³-hybridized carbons (Fsp3) is 0.333. The predicted octanol–water partition coefficient (Wildman–Crippen LogP) is 3.83. The maximum absolute atomic E-state index is 14.3. The highest BCUT2D eigenvalue weighted by atomic mass is 16.5. The third-order valence-electron chi connectivity index (χ3n) is 7.14. The van der Waals surface area contributed by atoms with E-state index in [1.165, 1.54) is 12.0 Å². The van der Waals surface area contributed by atoms with Crippen LogP contribution in [0.1, 0.15) is 30.0 Å². The maximum atomic E-state index is 14.3. The van der Waals surface area contributed by atoms with Crippen molar-refractivity contribution >= 4 is 28.5 Å². The zero-order valence-corrected chi connectivity index (χ0v) is 22.9. The van der Waals surface area contributed by atoms with Crippen molar-refractivity contribution < 1.29 is 23.8 Å². The number of carbonyl (C=O) groups excluding carboxylic acids is 2. The monoisotopic (exact) mass is 543 g/mol. The molecule has 1 aromatic heterocycles. The van der Waals surface area contributed by atoms with Crippen LogP contribution in [0.2, 0.25) is 0 Å². The molecule has 0 spiro atoms. The number of ether oxygens (including phenoxy) is 3. The van der Waals surface area contributed by atoms with Gasteiger partial charge in [0, 0.05) is 24.9 Å². The maximum Gasteiger partial charge on any atom is 0.249 e. The molecule has 10 heteroatoms. The van der Waals surface area contributed by atoms with Gasteiger partial charge in [-0.2, -0.15) is 0 Å². The smallest absolute Gasteiger partial charge is 0.249 e. The molecule has 40 heavy (non-hydrogen) atoms. The van der Waals surface area contributed by atoms with E-state index in [1.807, 2.05) is 55.5 Å². The van der Waals surface area contributed by atoms with Gasteiger partial charge in [0.1, 0.15) is 18.1 Å². The van der Waals surface area contributed by atoms with E-state index in [0.29, 0.717) is 41.4 Å². The van der Waals surface area contributed by atoms with Crippen LogP contribution in [-0.4, -0.2) is 60.3 Å². The van der Waals surface area contributed by atoms with Crippen LogP contribution in [-0.2, 0) is 20.9 Å². The lowest BCUT2D eigenvalue weighted by Gasteiger charge is -2.33. The van der Waals surface area contributed by atoms with E-state index < -0.39 is 6.04 Å². The number of anilines is 1. The summed E-state index contributed by atoms with van der Waals surface area (Å²) in [7, 11) is 3.08. The minimum absolute atomic E-state index is 0.0479. The zero-order valence-electron chi connectivity index (χ0n) is 22.9. The van der Waals surface area contributed by atoms with E-state index in [4.69, 9.17) is 14.2 Å². The first kappa shape index (κ1) is 27.1. The molecule has 1 N–H and O–H groups in total. The SMILES string of the molecule is COc1ccc(N(C(=O)Cn2nnc3ccccc32)[C@H](C(=O)NC[C@@H]2CCCO2)c2ccccc2C)cc1OC. The van der Waals surface area contributed by atoms with Gasteiger partial charge in [-0.1, -0.05) is 41.6 Å². The quantitative estimate of drug-likeness (QED) is 0.324. The number of nitrogens with one attached hydrogen (secondary N) is 1. The summed E-state index contributed by atoms with van der Waals surface area (Å²) < 4.78 is 18.2. The molecule has 4 aromatic rings. The van der Waals surface area contributed by atoms with Crippen molar-refractivity contribution in [3.8, 4) is 11.5 Å². The summed E-state index contributed by atoms with van der Waals surface area (Å²) >= 11 is 0. The number of aryl methyl sites for hydroxylation is 1. The molecule has 1 saturated heterocycles. The van der Waals surface area contributed by atoms with E-state index in [0.717, 1.165) is 23.9 Å². The van der Waals surface area contributed by atoms with Crippen LogP contribution in [0.25, 0.3) is 11.0 Å². The Morgan fingerprint density at radius 2 is 1.85 bits per heavy atom. The molecule has 1 aliphatic rings. The van der Waals surface area contributed by atoms with Crippen molar-refractivity contribution in [1.29, 1.82) is 0 Å². The van der Waals surface area contributed by atoms with Gasteiger partial charge in [-0.3, -0.25) is 14.5 Å². The average molecular weight is 544 g/mol. The Bertz CT molecular complexity index is 1500. The summed E-state index contributed by atoms with van der Waals surface area (Å²) in [6.45, 7) is 2.85. The lowest BCUT2D eigenvalue weighted by atomic mass is 9.98. The second-order valence-electron chi connectivity index (χ2n) is 9.68. The van der Waals surface area contributed by atoms with Crippen molar-refractivity contribution in [3.63, 3.8) is 0 Å². The Kier molecular flexibility index (Phi) is 8.26. The third kappa shape index (κ3) is 5.62. The highest BCUT2D eigenvalue weighted by Gasteiger charge is 2.35. The number of para-hydroxylation sites is 1. The minimum atomic E-state index is -0.969. The van der Waals surface area contributed by atoms with Crippen LogP contribution in [0.4, 0.5) is 5.69 Å². The number of benzene rings is 3. The molecular formula is C30H33N5O5. The van der Waals surface area contributed by atoms with Gasteiger partial charge in [0.2, 0.25) is 11.8 Å². The number of methoxy groups -OCH3 is 2. The van der Waals surface area contributed by atoms with Crippen LogP contribution >= 0.6 is 0 Å². The fourth-order valence-electron chi connectivity index (χ4n) is 5.06. The van der Waals surface area contributed by atoms with Gasteiger partial charge in [0.25, 0.3) is 0 Å². The molecule has 0 bridgehead atoms. The first-order chi connectivity index (χ1) is 19.5. The second-order valence-corrected chi connectivity index (χ2v) is 9.68. The van der Waals surface area contributed by atoms with Crippen LogP contribution in [0.3, 0.4) is 0 Å². The van der Waals surface area contributed by atoms with Crippen LogP contribution in [0, 0.1) is 6.92 Å². The van der Waals surface area contributed by atoms with E-state index in [2.05, 4.69) is 15.6 Å². The summed E-state index contributed by atoms with van der Waals surface area (Å²) in [5.74, 6) is 0.295. The lowest BCUT2D eigenvalue weighted by Crippen LogP contribution is -2.47. The predicted molar refractivity (Wildman–Crippen MR) is 150 cm³/mol. The highest BCUT2D eigenvalue weighted by molar-refractivity contribution is 6.02. The Morgan fingerprint density at radius 1 is 1.07 bits per heavy atom. The van der Waals surface area contributed by atoms with Gasteiger partial charge in [-0.25, -0.2) is 4.68 Å². The fourth-order valence-corrected chi connectivity index (χ4v) is 5.06. The number of aromatic nitrogens is 3. The van der Waals surface area contributed by atoms with Crippen LogP contribution in [0.15, 0.2) is 66.7 Å². The molecule has 0 saturated carbocycles. The standard InChI is InChI=1S/C30H33N5O5/c1-20-9-4-5-11-23(20)29(30(37)31-18-22-10-8-16-40-22)35(21-14-15-26(38-2)27(17-21)39-3)28(36)19-34-25-13-7-6-12-24(25)32-33-34/h4-7,9,11-15,17,22,29H,8,10,16,18-19H2,1-3H3,(H,31,37)/t22-,29-/m0/s1. The van der Waals surface area contributed by atoms with Crippen molar-refractivity contribution in [2.24, 2.45) is 0 Å². The van der Waals surface area contributed by atoms with E-state index in [9.17, 15) is 9.59 Å². The Balaban J connectivity index is 1.59. The molecule has 1 fully saturated rings. The van der Waals surface area contributed by atoms with Crippen LogP contribution in [0.5, 0.6) is 11.5 Å². The number of rotatable bonds is 10. The Labute approximate surface area is 232 Å². The van der Waals surface area contributed by atoms with Gasteiger partial charge < -0.3 is 19.5 Å². The summed E-state index contributed by atoms with van der Waals surface area (Å²) in [6, 6.07) is 19.2. The highest BCUT2D eigenvalue weighted by Crippen LogP contribution is 2.36. The van der Waals surface area contributed by atoms with Crippen molar-refractivity contribution in [2.45, 2.75) is 38.5 Å². The van der Waals surface area contributed by atoms with Crippen LogP contribution < -0.4 is 19.7 Å². The number of hydrogen-bond donors (Lipinski definition) is 1. The molecular weight excluding hydrogens is 510 g/mol. The van der Waals surface area contributed by atoms with E-state index >= 15 is 0 Å². The first-order valence-electron chi connectivity index (χ1n) is 13.3. The molecule has 3 aromatic carbocycles. The number of amides is 2. The molecule has 0 radical (unpaired) electrons. The van der Waals surface area contributed by atoms with Gasteiger partial charge in [-0.05, 0) is 55.2 Å². The average Bonchev–Trinajstić information content (AvgIpc) is 3.65. The molecule has 0 unspecified atom stereocenters. The largest absolute Gasteiger partial charge is 0.493 e. The van der Waals surface area contributed by atoms with E-state index in [1.54, 1.807) is 30.0 Å². The first-order valence-corrected chi connectivity index (χ1v) is 13.3. The molecule has 1 aliphatic heterocycles. The Morgan fingerprint density at radius 3 is 2.60 bits per heavy atom. The van der Waals surface area contributed by atoms with Gasteiger partial charge >= 0.3 is 0 Å². The summed E-state index contributed by atoms with van der Waals surface area (Å²) in [6.07, 6.45) is 1.80. The number of fused-ring (bicyclic) bond motifs is 1. The normalized spacial score (nSPS) is 15.5. The number of carbonyl (C=O) groups is 2. The third-order valence-corrected chi connectivity index (χ3v) is 7.14. The molecule has 2 atom stereocenters. The molecule has 2 heterocycles. The van der Waals surface area contributed by atoms with Gasteiger partial charge in [0.15, 0.2) is 11.5 Å². The lowest BCUT2D eigenvalue weighted by molar-refractivity contribution is -0.127. The minimum Gasteiger partial charge on any atom is -0.493 e. The molecule has 2 amide bonds. The topological polar surface area (TPSA) is 108 Å². The molecule has 5 rings (SSSR count). The van der Waals surface area contributed by atoms with Gasteiger partial charge in [-0.15, -0.1) is 5.10 Å². The van der Waals surface area contributed by atoms with E-state index in [-0.39, 0.29) is 24.5 Å².